The summed E-state index contributed by atoms with van der Waals surface area (Å²) in [6.45, 7) is 5.79. The van der Waals surface area contributed by atoms with Gasteiger partial charge in [0.1, 0.15) is 11.5 Å². The Hall–Kier alpha value is -3.21. The molecule has 1 unspecified atom stereocenters. The minimum atomic E-state index is -0.129. The van der Waals surface area contributed by atoms with Crippen molar-refractivity contribution in [3.8, 4) is 5.75 Å². The zero-order valence-corrected chi connectivity index (χ0v) is 16.9. The van der Waals surface area contributed by atoms with Crippen LogP contribution in [0.15, 0.2) is 65.3 Å². The van der Waals surface area contributed by atoms with Crippen LogP contribution in [-0.4, -0.2) is 18.6 Å². The first-order valence-corrected chi connectivity index (χ1v) is 10.1. The summed E-state index contributed by atoms with van der Waals surface area (Å²) in [5, 5.41) is 2.99. The molecule has 0 saturated heterocycles. The molecule has 0 radical (unpaired) electrons. The second-order valence-corrected chi connectivity index (χ2v) is 7.33. The van der Waals surface area contributed by atoms with Crippen molar-refractivity contribution in [2.45, 2.75) is 39.4 Å². The lowest BCUT2D eigenvalue weighted by Gasteiger charge is -2.24. The number of amides is 1. The van der Waals surface area contributed by atoms with Crippen LogP contribution in [0.2, 0.25) is 0 Å². The third-order valence-corrected chi connectivity index (χ3v) is 5.31. The molecule has 29 heavy (non-hydrogen) atoms. The topological polar surface area (TPSA) is 54.7 Å². The summed E-state index contributed by atoms with van der Waals surface area (Å²) in [5.41, 5.74) is 4.14. The van der Waals surface area contributed by atoms with Gasteiger partial charge in [0.2, 0.25) is 0 Å². The van der Waals surface area contributed by atoms with Crippen LogP contribution < -0.4 is 15.0 Å². The van der Waals surface area contributed by atoms with Gasteiger partial charge in [-0.3, -0.25) is 4.79 Å². The second kappa shape index (κ2) is 8.43. The molecule has 1 aromatic heterocycles. The summed E-state index contributed by atoms with van der Waals surface area (Å²) in [4.78, 5) is 15.1. The van der Waals surface area contributed by atoms with E-state index >= 15 is 0 Å². The third kappa shape index (κ3) is 4.14. The van der Waals surface area contributed by atoms with E-state index in [-0.39, 0.29) is 5.91 Å². The van der Waals surface area contributed by atoms with Crippen molar-refractivity contribution >= 4 is 11.6 Å². The summed E-state index contributed by atoms with van der Waals surface area (Å²) < 4.78 is 11.2. The van der Waals surface area contributed by atoms with Crippen LogP contribution >= 0.6 is 0 Å². The van der Waals surface area contributed by atoms with Gasteiger partial charge in [0.25, 0.3) is 5.91 Å². The lowest BCUT2D eigenvalue weighted by molar-refractivity contribution is 0.0948. The summed E-state index contributed by atoms with van der Waals surface area (Å²) in [6.07, 6.45) is 2.60. The minimum Gasteiger partial charge on any atom is -0.494 e. The predicted octanol–water partition coefficient (Wildman–Crippen LogP) is 4.56. The molecule has 0 bridgehead atoms. The van der Waals surface area contributed by atoms with Gasteiger partial charge in [0.15, 0.2) is 0 Å². The average molecular weight is 390 g/mol. The summed E-state index contributed by atoms with van der Waals surface area (Å²) in [6, 6.07) is 18.3. The highest BCUT2D eigenvalue weighted by atomic mass is 16.5. The predicted molar refractivity (Wildman–Crippen MR) is 113 cm³/mol. The Balaban J connectivity index is 1.44. The number of carbonyl (C=O) groups is 1. The molecule has 2 aromatic carbocycles. The van der Waals surface area contributed by atoms with E-state index in [1.54, 1.807) is 12.3 Å². The fourth-order valence-electron chi connectivity index (χ4n) is 3.88. The Morgan fingerprint density at radius 2 is 2.07 bits per heavy atom. The number of nitrogens with zero attached hydrogens (tertiary/aromatic N) is 1. The Bertz CT molecular complexity index is 995. The number of anilines is 1. The molecule has 1 aliphatic rings. The van der Waals surface area contributed by atoms with Crippen LogP contribution in [-0.2, 0) is 19.5 Å². The highest BCUT2D eigenvalue weighted by Gasteiger charge is 2.27. The average Bonchev–Trinajstić information content (AvgIpc) is 3.32. The molecular formula is C24H26N2O3. The Morgan fingerprint density at radius 1 is 1.21 bits per heavy atom. The molecule has 0 spiro atoms. The fourth-order valence-corrected chi connectivity index (χ4v) is 3.88. The molecule has 0 fully saturated rings. The van der Waals surface area contributed by atoms with E-state index in [1.807, 2.05) is 31.2 Å². The maximum atomic E-state index is 12.8. The van der Waals surface area contributed by atoms with Gasteiger partial charge in [-0.1, -0.05) is 30.3 Å². The fraction of sp³-hybridized carbons (Fsp3) is 0.292. The number of ether oxygens (including phenoxy) is 1. The van der Waals surface area contributed by atoms with Crippen LogP contribution in [0.4, 0.5) is 5.69 Å². The van der Waals surface area contributed by atoms with Crippen molar-refractivity contribution in [1.29, 1.82) is 0 Å². The molecule has 4 rings (SSSR count). The molecule has 5 nitrogen and oxygen atoms in total. The van der Waals surface area contributed by atoms with Gasteiger partial charge in [-0.25, -0.2) is 0 Å². The number of benzene rings is 2. The van der Waals surface area contributed by atoms with Crippen LogP contribution in [0.5, 0.6) is 5.75 Å². The maximum Gasteiger partial charge on any atom is 0.255 e. The first-order chi connectivity index (χ1) is 14.2. The second-order valence-electron chi connectivity index (χ2n) is 7.33. The number of hydrogen-bond acceptors (Lipinski definition) is 4. The quantitative estimate of drug-likeness (QED) is 0.643. The van der Waals surface area contributed by atoms with Gasteiger partial charge in [-0.2, -0.15) is 0 Å². The lowest BCUT2D eigenvalue weighted by atomic mass is 10.1. The Kier molecular flexibility index (Phi) is 5.56. The standard InChI is InChI=1S/C24H26N2O3/c1-3-28-20-9-6-7-18(14-20)15-25-24(27)21-11-12-29-23(21)16-26-17(2)13-19-8-4-5-10-22(19)26/h4-12,14,17H,3,13,15-16H2,1-2H3,(H,25,27). The highest BCUT2D eigenvalue weighted by molar-refractivity contribution is 5.95. The number of rotatable bonds is 7. The van der Waals surface area contributed by atoms with Crippen molar-refractivity contribution in [3.63, 3.8) is 0 Å². The zero-order chi connectivity index (χ0) is 20.2. The van der Waals surface area contributed by atoms with E-state index in [1.165, 1.54) is 11.3 Å². The van der Waals surface area contributed by atoms with Crippen LogP contribution in [0.1, 0.15) is 41.1 Å². The van der Waals surface area contributed by atoms with E-state index in [9.17, 15) is 4.79 Å². The highest BCUT2D eigenvalue weighted by Crippen LogP contribution is 2.33. The normalized spacial score (nSPS) is 15.2. The molecule has 1 N–H and O–H groups in total. The molecule has 1 atom stereocenters. The smallest absolute Gasteiger partial charge is 0.255 e. The summed E-state index contributed by atoms with van der Waals surface area (Å²) >= 11 is 0. The van der Waals surface area contributed by atoms with E-state index in [0.717, 1.165) is 17.7 Å². The van der Waals surface area contributed by atoms with Crippen LogP contribution in [0, 0.1) is 0 Å². The largest absolute Gasteiger partial charge is 0.494 e. The van der Waals surface area contributed by atoms with Crippen molar-refractivity contribution in [1.82, 2.24) is 5.32 Å². The van der Waals surface area contributed by atoms with Gasteiger partial charge in [-0.15, -0.1) is 0 Å². The molecule has 0 aliphatic carbocycles. The van der Waals surface area contributed by atoms with Gasteiger partial charge >= 0.3 is 0 Å². The number of para-hydroxylation sites is 1. The van der Waals surface area contributed by atoms with Crippen molar-refractivity contribution in [2.24, 2.45) is 0 Å². The number of hydrogen-bond donors (Lipinski definition) is 1. The van der Waals surface area contributed by atoms with E-state index in [0.29, 0.717) is 37.1 Å². The number of furan rings is 1. The molecule has 5 heteroatoms. The van der Waals surface area contributed by atoms with Gasteiger partial charge in [0.05, 0.1) is 25.0 Å². The van der Waals surface area contributed by atoms with Gasteiger partial charge in [0, 0.05) is 18.3 Å². The number of fused-ring (bicyclic) bond motifs is 1. The molecule has 2 heterocycles. The van der Waals surface area contributed by atoms with Crippen molar-refractivity contribution in [3.05, 3.63) is 83.3 Å². The maximum absolute atomic E-state index is 12.8. The first-order valence-electron chi connectivity index (χ1n) is 10.1. The van der Waals surface area contributed by atoms with Crippen molar-refractivity contribution < 1.29 is 13.9 Å². The zero-order valence-electron chi connectivity index (χ0n) is 16.9. The molecule has 0 saturated carbocycles. The van der Waals surface area contributed by atoms with Gasteiger partial charge < -0.3 is 19.4 Å². The Morgan fingerprint density at radius 3 is 2.93 bits per heavy atom. The van der Waals surface area contributed by atoms with E-state index in [2.05, 4.69) is 41.4 Å². The SMILES string of the molecule is CCOc1cccc(CNC(=O)c2ccoc2CN2c3ccccc3CC2C)c1. The molecule has 1 amide bonds. The van der Waals surface area contributed by atoms with Crippen LogP contribution in [0.25, 0.3) is 0 Å². The van der Waals surface area contributed by atoms with E-state index in [4.69, 9.17) is 9.15 Å². The van der Waals surface area contributed by atoms with Crippen molar-refractivity contribution in [2.75, 3.05) is 11.5 Å². The Labute approximate surface area is 171 Å². The molecule has 1 aliphatic heterocycles. The molecule has 3 aromatic rings. The monoisotopic (exact) mass is 390 g/mol. The summed E-state index contributed by atoms with van der Waals surface area (Å²) in [5.74, 6) is 1.37. The summed E-state index contributed by atoms with van der Waals surface area (Å²) in [7, 11) is 0. The van der Waals surface area contributed by atoms with Gasteiger partial charge in [-0.05, 0) is 55.7 Å². The minimum absolute atomic E-state index is 0.129. The van der Waals surface area contributed by atoms with Crippen LogP contribution in [0.3, 0.4) is 0 Å². The molecule has 150 valence electrons. The number of carbonyl (C=O) groups excluding carboxylic acids is 1. The number of nitrogens with one attached hydrogen (secondary N) is 1. The third-order valence-electron chi connectivity index (χ3n) is 5.31. The van der Waals surface area contributed by atoms with E-state index < -0.39 is 0 Å². The molecular weight excluding hydrogens is 364 g/mol. The lowest BCUT2D eigenvalue weighted by Crippen LogP contribution is -2.30. The first kappa shape index (κ1) is 19.1.